The number of halogens is 3. The second-order valence-corrected chi connectivity index (χ2v) is 3.02. The van der Waals surface area contributed by atoms with E-state index in [9.17, 15) is 18.0 Å². The second-order valence-electron chi connectivity index (χ2n) is 3.02. The number of ether oxygens (including phenoxy) is 2. The van der Waals surface area contributed by atoms with E-state index in [1.165, 1.54) is 12.1 Å². The Hall–Kier alpha value is -1.76. The van der Waals surface area contributed by atoms with Gasteiger partial charge in [0.15, 0.2) is 0 Å². The number of nitrogen functional groups attached to an aromatic ring is 1. The smallest absolute Gasteiger partial charge is 0.460 e. The molecule has 17 heavy (non-hydrogen) atoms. The summed E-state index contributed by atoms with van der Waals surface area (Å²) in [5.74, 6) is -0.783. The fraction of sp³-hybridized carbons (Fsp3) is 0.300. The van der Waals surface area contributed by atoms with Crippen molar-refractivity contribution in [3.8, 4) is 0 Å². The number of anilines is 1. The fourth-order valence-electron chi connectivity index (χ4n) is 1.05. The fourth-order valence-corrected chi connectivity index (χ4v) is 1.05. The van der Waals surface area contributed by atoms with Crippen LogP contribution in [0.25, 0.3) is 0 Å². The zero-order valence-electron chi connectivity index (χ0n) is 8.66. The lowest BCUT2D eigenvalue weighted by Gasteiger charge is -2.08. The van der Waals surface area contributed by atoms with Crippen molar-refractivity contribution in [2.24, 2.45) is 0 Å². The summed E-state index contributed by atoms with van der Waals surface area (Å²) in [6.45, 7) is -1.24. The SMILES string of the molecule is Nc1ccccc1C(=O)OCCOC(F)(F)F. The van der Waals surface area contributed by atoms with Crippen LogP contribution in [-0.4, -0.2) is 25.5 Å². The predicted molar refractivity (Wildman–Crippen MR) is 53.1 cm³/mol. The highest BCUT2D eigenvalue weighted by Gasteiger charge is 2.28. The third-order valence-corrected chi connectivity index (χ3v) is 1.76. The van der Waals surface area contributed by atoms with Gasteiger partial charge in [0, 0.05) is 5.69 Å². The molecular formula is C10H10F3NO3. The van der Waals surface area contributed by atoms with Crippen LogP contribution in [0.1, 0.15) is 10.4 Å². The van der Waals surface area contributed by atoms with E-state index in [0.717, 1.165) is 0 Å². The minimum absolute atomic E-state index is 0.111. The normalized spacial score (nSPS) is 11.2. The maximum atomic E-state index is 11.6. The predicted octanol–water partition coefficient (Wildman–Crippen LogP) is 1.96. The van der Waals surface area contributed by atoms with Crippen LogP contribution in [0.5, 0.6) is 0 Å². The standard InChI is InChI=1S/C10H10F3NO3/c11-10(12,13)17-6-5-16-9(15)7-3-1-2-4-8(7)14/h1-4H,5-6,14H2. The summed E-state index contributed by atoms with van der Waals surface area (Å²) in [6, 6.07) is 6.10. The molecule has 1 rings (SSSR count). The van der Waals surface area contributed by atoms with Crippen molar-refractivity contribution in [2.45, 2.75) is 6.36 Å². The summed E-state index contributed by atoms with van der Waals surface area (Å²) < 4.78 is 42.8. The van der Waals surface area contributed by atoms with E-state index >= 15 is 0 Å². The van der Waals surface area contributed by atoms with Crippen LogP contribution in [-0.2, 0) is 9.47 Å². The molecule has 0 saturated heterocycles. The number of hydrogen-bond donors (Lipinski definition) is 1. The zero-order valence-corrected chi connectivity index (χ0v) is 8.66. The van der Waals surface area contributed by atoms with Crippen molar-refractivity contribution in [3.63, 3.8) is 0 Å². The number of nitrogens with two attached hydrogens (primary N) is 1. The van der Waals surface area contributed by atoms with Gasteiger partial charge >= 0.3 is 12.3 Å². The number of carbonyl (C=O) groups excluding carboxylic acids is 1. The van der Waals surface area contributed by atoms with Gasteiger partial charge in [0.2, 0.25) is 0 Å². The van der Waals surface area contributed by atoms with Crippen molar-refractivity contribution in [2.75, 3.05) is 18.9 Å². The largest absolute Gasteiger partial charge is 0.522 e. The van der Waals surface area contributed by atoms with Gasteiger partial charge in [-0.15, -0.1) is 13.2 Å². The average molecular weight is 249 g/mol. The number of benzene rings is 1. The van der Waals surface area contributed by atoms with Gasteiger partial charge in [0.05, 0.1) is 12.2 Å². The summed E-state index contributed by atoms with van der Waals surface area (Å²) in [5, 5.41) is 0. The monoisotopic (exact) mass is 249 g/mol. The van der Waals surface area contributed by atoms with E-state index in [1.54, 1.807) is 12.1 Å². The second kappa shape index (κ2) is 5.53. The molecule has 0 atom stereocenters. The lowest BCUT2D eigenvalue weighted by molar-refractivity contribution is -0.326. The van der Waals surface area contributed by atoms with Crippen LogP contribution in [0, 0.1) is 0 Å². The molecule has 0 fully saturated rings. The molecule has 94 valence electrons. The number of para-hydroxylation sites is 1. The Kier molecular flexibility index (Phi) is 4.33. The number of hydrogen-bond acceptors (Lipinski definition) is 4. The van der Waals surface area contributed by atoms with Gasteiger partial charge in [-0.1, -0.05) is 12.1 Å². The molecule has 4 nitrogen and oxygen atoms in total. The van der Waals surface area contributed by atoms with Gasteiger partial charge in [-0.2, -0.15) is 0 Å². The summed E-state index contributed by atoms with van der Waals surface area (Å²) in [6.07, 6.45) is -4.72. The Morgan fingerprint density at radius 2 is 1.88 bits per heavy atom. The molecule has 0 aromatic heterocycles. The third kappa shape index (κ3) is 4.73. The molecule has 0 aliphatic heterocycles. The first-order valence-corrected chi connectivity index (χ1v) is 4.62. The van der Waals surface area contributed by atoms with Crippen LogP contribution >= 0.6 is 0 Å². The van der Waals surface area contributed by atoms with Crippen LogP contribution in [0.3, 0.4) is 0 Å². The van der Waals surface area contributed by atoms with Gasteiger partial charge in [-0.3, -0.25) is 4.74 Å². The van der Waals surface area contributed by atoms with Crippen molar-refractivity contribution in [1.82, 2.24) is 0 Å². The molecule has 0 spiro atoms. The summed E-state index contributed by atoms with van der Waals surface area (Å²) in [4.78, 5) is 11.4. The maximum absolute atomic E-state index is 11.6. The molecule has 0 saturated carbocycles. The Balaban J connectivity index is 2.39. The summed E-state index contributed by atoms with van der Waals surface area (Å²) in [5.41, 5.74) is 5.80. The molecular weight excluding hydrogens is 239 g/mol. The van der Waals surface area contributed by atoms with Crippen LogP contribution < -0.4 is 5.73 Å². The first-order chi connectivity index (χ1) is 7.90. The number of alkyl halides is 3. The lowest BCUT2D eigenvalue weighted by Crippen LogP contribution is -2.19. The van der Waals surface area contributed by atoms with Crippen molar-refractivity contribution >= 4 is 11.7 Å². The Labute approximate surface area is 95.1 Å². The van der Waals surface area contributed by atoms with Crippen LogP contribution in [0.2, 0.25) is 0 Å². The minimum atomic E-state index is -4.72. The molecule has 0 unspecified atom stereocenters. The van der Waals surface area contributed by atoms with E-state index in [4.69, 9.17) is 5.73 Å². The number of carbonyl (C=O) groups is 1. The van der Waals surface area contributed by atoms with Gasteiger partial charge < -0.3 is 10.5 Å². The minimum Gasteiger partial charge on any atom is -0.460 e. The molecule has 1 aromatic carbocycles. The van der Waals surface area contributed by atoms with Crippen molar-refractivity contribution < 1.29 is 27.4 Å². The van der Waals surface area contributed by atoms with E-state index < -0.39 is 25.5 Å². The van der Waals surface area contributed by atoms with Crippen LogP contribution in [0.15, 0.2) is 24.3 Å². The Morgan fingerprint density at radius 3 is 2.47 bits per heavy atom. The molecule has 0 aliphatic carbocycles. The third-order valence-electron chi connectivity index (χ3n) is 1.76. The van der Waals surface area contributed by atoms with Gasteiger partial charge in [-0.25, -0.2) is 4.79 Å². The molecule has 0 heterocycles. The number of esters is 1. The lowest BCUT2D eigenvalue weighted by atomic mass is 10.2. The maximum Gasteiger partial charge on any atom is 0.522 e. The quantitative estimate of drug-likeness (QED) is 0.503. The van der Waals surface area contributed by atoms with Crippen molar-refractivity contribution in [3.05, 3.63) is 29.8 Å². The molecule has 0 radical (unpaired) electrons. The van der Waals surface area contributed by atoms with E-state index in [-0.39, 0.29) is 11.3 Å². The summed E-state index contributed by atoms with van der Waals surface area (Å²) >= 11 is 0. The van der Waals surface area contributed by atoms with E-state index in [0.29, 0.717) is 0 Å². The van der Waals surface area contributed by atoms with Gasteiger partial charge in [0.1, 0.15) is 6.61 Å². The molecule has 1 aromatic rings. The topological polar surface area (TPSA) is 61.6 Å². The highest BCUT2D eigenvalue weighted by atomic mass is 19.4. The Morgan fingerprint density at radius 1 is 1.24 bits per heavy atom. The van der Waals surface area contributed by atoms with E-state index in [1.807, 2.05) is 0 Å². The average Bonchev–Trinajstić information content (AvgIpc) is 2.23. The first kappa shape index (κ1) is 13.3. The highest BCUT2D eigenvalue weighted by molar-refractivity contribution is 5.94. The van der Waals surface area contributed by atoms with Gasteiger partial charge in [-0.05, 0) is 12.1 Å². The first-order valence-electron chi connectivity index (χ1n) is 4.62. The van der Waals surface area contributed by atoms with Gasteiger partial charge in [0.25, 0.3) is 0 Å². The van der Waals surface area contributed by atoms with Crippen molar-refractivity contribution in [1.29, 1.82) is 0 Å². The highest BCUT2D eigenvalue weighted by Crippen LogP contribution is 2.16. The zero-order chi connectivity index (χ0) is 12.9. The molecule has 2 N–H and O–H groups in total. The van der Waals surface area contributed by atoms with Crippen LogP contribution in [0.4, 0.5) is 18.9 Å². The molecule has 7 heteroatoms. The summed E-state index contributed by atoms with van der Waals surface area (Å²) in [7, 11) is 0. The number of rotatable bonds is 4. The van der Waals surface area contributed by atoms with E-state index in [2.05, 4.69) is 9.47 Å². The molecule has 0 amide bonds. The Bertz CT molecular complexity index is 393. The molecule has 0 bridgehead atoms. The molecule has 0 aliphatic rings.